The van der Waals surface area contributed by atoms with Gasteiger partial charge < -0.3 is 10.3 Å². The van der Waals surface area contributed by atoms with E-state index in [9.17, 15) is 0 Å². The molecule has 0 amide bonds. The highest BCUT2D eigenvalue weighted by Gasteiger charge is 2.23. The highest BCUT2D eigenvalue weighted by Crippen LogP contribution is 2.37. The predicted molar refractivity (Wildman–Crippen MR) is 75.9 cm³/mol. The Morgan fingerprint density at radius 1 is 0.944 bits per heavy atom. The topological polar surface area (TPSA) is 30.9 Å². The Morgan fingerprint density at radius 3 is 2.78 bits per heavy atom. The molecule has 2 aliphatic rings. The summed E-state index contributed by atoms with van der Waals surface area (Å²) >= 11 is 0. The fourth-order valence-electron chi connectivity index (χ4n) is 3.92. The van der Waals surface area contributed by atoms with Gasteiger partial charge in [0.15, 0.2) is 0 Å². The first-order chi connectivity index (χ1) is 8.84. The average molecular weight is 240 g/mol. The van der Waals surface area contributed by atoms with E-state index >= 15 is 0 Å². The van der Waals surface area contributed by atoms with Crippen LogP contribution in [0, 0.1) is 0 Å². The van der Waals surface area contributed by atoms with E-state index in [4.69, 9.17) is 5.73 Å². The second-order valence-electron chi connectivity index (χ2n) is 5.82. The standard InChI is InChI=1S/C16H20N2/c17-12-9-11-5-4-8-18-15-7-3-1-2-6-13(15)14(10-12)16(11)18/h9-10H,1-8,17H2. The normalized spacial score (nSPS) is 18.7. The van der Waals surface area contributed by atoms with Gasteiger partial charge in [0.05, 0.1) is 5.52 Å². The summed E-state index contributed by atoms with van der Waals surface area (Å²) in [6, 6.07) is 4.40. The molecular formula is C16H20N2. The van der Waals surface area contributed by atoms with E-state index in [-0.39, 0.29) is 0 Å². The summed E-state index contributed by atoms with van der Waals surface area (Å²) in [5.74, 6) is 0. The van der Waals surface area contributed by atoms with Gasteiger partial charge in [0.2, 0.25) is 0 Å². The van der Waals surface area contributed by atoms with E-state index in [0.717, 1.165) is 5.69 Å². The van der Waals surface area contributed by atoms with Crippen LogP contribution in [-0.2, 0) is 25.8 Å². The third kappa shape index (κ3) is 1.35. The average Bonchev–Trinajstić information content (AvgIpc) is 2.55. The maximum absolute atomic E-state index is 6.10. The first kappa shape index (κ1) is 10.5. The number of nitrogen functional groups attached to an aromatic ring is 1. The number of nitrogens with zero attached hydrogens (tertiary/aromatic N) is 1. The van der Waals surface area contributed by atoms with Gasteiger partial charge in [0, 0.05) is 23.3 Å². The molecule has 1 aliphatic carbocycles. The van der Waals surface area contributed by atoms with E-state index in [0.29, 0.717) is 0 Å². The molecule has 2 heterocycles. The van der Waals surface area contributed by atoms with Gasteiger partial charge in [-0.05, 0) is 61.8 Å². The highest BCUT2D eigenvalue weighted by atomic mass is 15.0. The molecule has 18 heavy (non-hydrogen) atoms. The largest absolute Gasteiger partial charge is 0.399 e. The second-order valence-corrected chi connectivity index (χ2v) is 5.82. The zero-order valence-corrected chi connectivity index (χ0v) is 10.8. The van der Waals surface area contributed by atoms with Crippen LogP contribution in [0.1, 0.15) is 42.5 Å². The number of benzene rings is 1. The monoisotopic (exact) mass is 240 g/mol. The van der Waals surface area contributed by atoms with Crippen molar-refractivity contribution in [3.63, 3.8) is 0 Å². The molecule has 0 spiro atoms. The molecular weight excluding hydrogens is 220 g/mol. The number of nitrogens with two attached hydrogens (primary N) is 1. The Labute approximate surface area is 108 Å². The molecule has 0 saturated carbocycles. The van der Waals surface area contributed by atoms with Crippen LogP contribution in [0.25, 0.3) is 10.9 Å². The van der Waals surface area contributed by atoms with Crippen LogP contribution in [-0.4, -0.2) is 4.57 Å². The quantitative estimate of drug-likeness (QED) is 0.555. The lowest BCUT2D eigenvalue weighted by Gasteiger charge is -2.18. The van der Waals surface area contributed by atoms with Crippen molar-refractivity contribution in [2.45, 2.75) is 51.5 Å². The molecule has 0 radical (unpaired) electrons. The number of rotatable bonds is 0. The van der Waals surface area contributed by atoms with Gasteiger partial charge in [0.25, 0.3) is 0 Å². The molecule has 2 heteroatoms. The molecule has 4 rings (SSSR count). The molecule has 0 unspecified atom stereocenters. The first-order valence-electron chi connectivity index (χ1n) is 7.27. The van der Waals surface area contributed by atoms with Gasteiger partial charge in [-0.15, -0.1) is 0 Å². The number of aryl methyl sites for hydroxylation is 3. The van der Waals surface area contributed by atoms with Crippen molar-refractivity contribution in [2.24, 2.45) is 0 Å². The third-order valence-electron chi connectivity index (χ3n) is 4.65. The Kier molecular flexibility index (Phi) is 2.20. The minimum atomic E-state index is 0.948. The van der Waals surface area contributed by atoms with Crippen molar-refractivity contribution in [2.75, 3.05) is 5.73 Å². The fraction of sp³-hybridized carbons (Fsp3) is 0.500. The fourth-order valence-corrected chi connectivity index (χ4v) is 3.92. The summed E-state index contributed by atoms with van der Waals surface area (Å²) < 4.78 is 2.61. The van der Waals surface area contributed by atoms with Crippen LogP contribution in [0.5, 0.6) is 0 Å². The minimum absolute atomic E-state index is 0.948. The molecule has 0 saturated heterocycles. The van der Waals surface area contributed by atoms with E-state index < -0.39 is 0 Å². The molecule has 1 aliphatic heterocycles. The molecule has 0 fully saturated rings. The van der Waals surface area contributed by atoms with Crippen molar-refractivity contribution in [3.05, 3.63) is 29.0 Å². The third-order valence-corrected chi connectivity index (χ3v) is 4.65. The smallest absolute Gasteiger partial charge is 0.0519 e. The van der Waals surface area contributed by atoms with Crippen LogP contribution in [0.2, 0.25) is 0 Å². The maximum Gasteiger partial charge on any atom is 0.0519 e. The lowest BCUT2D eigenvalue weighted by atomic mass is 10.00. The molecule has 2 N–H and O–H groups in total. The number of aromatic nitrogens is 1. The molecule has 1 aromatic carbocycles. The summed E-state index contributed by atoms with van der Waals surface area (Å²) in [6.07, 6.45) is 9.07. The zero-order valence-electron chi connectivity index (χ0n) is 10.8. The van der Waals surface area contributed by atoms with Gasteiger partial charge >= 0.3 is 0 Å². The minimum Gasteiger partial charge on any atom is -0.399 e. The Morgan fingerprint density at radius 2 is 1.83 bits per heavy atom. The maximum atomic E-state index is 6.10. The molecule has 94 valence electrons. The Hall–Kier alpha value is -1.44. The highest BCUT2D eigenvalue weighted by molar-refractivity contribution is 5.91. The Balaban J connectivity index is 2.10. The molecule has 0 atom stereocenters. The van der Waals surface area contributed by atoms with Crippen LogP contribution in [0.15, 0.2) is 12.1 Å². The number of hydrogen-bond donors (Lipinski definition) is 1. The molecule has 2 nitrogen and oxygen atoms in total. The Bertz CT molecular complexity index is 622. The summed E-state index contributed by atoms with van der Waals surface area (Å²) in [5.41, 5.74) is 13.3. The molecule has 0 bridgehead atoms. The van der Waals surface area contributed by atoms with Crippen LogP contribution in [0.3, 0.4) is 0 Å². The van der Waals surface area contributed by atoms with E-state index in [1.165, 1.54) is 68.0 Å². The van der Waals surface area contributed by atoms with Gasteiger partial charge in [-0.3, -0.25) is 0 Å². The second kappa shape index (κ2) is 3.78. The van der Waals surface area contributed by atoms with Crippen molar-refractivity contribution in [1.29, 1.82) is 0 Å². The predicted octanol–water partition coefficient (Wildman–Crippen LogP) is 3.44. The number of hydrogen-bond acceptors (Lipinski definition) is 1. The lowest BCUT2D eigenvalue weighted by molar-refractivity contribution is 0.602. The summed E-state index contributed by atoms with van der Waals surface area (Å²) in [5, 5.41) is 1.46. The lowest BCUT2D eigenvalue weighted by Crippen LogP contribution is -2.10. The van der Waals surface area contributed by atoms with Crippen molar-refractivity contribution in [3.8, 4) is 0 Å². The van der Waals surface area contributed by atoms with Gasteiger partial charge in [-0.1, -0.05) is 6.42 Å². The first-order valence-corrected chi connectivity index (χ1v) is 7.27. The summed E-state index contributed by atoms with van der Waals surface area (Å²) in [7, 11) is 0. The molecule has 2 aromatic rings. The van der Waals surface area contributed by atoms with E-state index in [1.807, 2.05) is 0 Å². The van der Waals surface area contributed by atoms with Crippen LogP contribution >= 0.6 is 0 Å². The van der Waals surface area contributed by atoms with Crippen molar-refractivity contribution in [1.82, 2.24) is 4.57 Å². The van der Waals surface area contributed by atoms with Crippen LogP contribution < -0.4 is 5.73 Å². The van der Waals surface area contributed by atoms with Gasteiger partial charge in [-0.2, -0.15) is 0 Å². The van der Waals surface area contributed by atoms with Crippen molar-refractivity contribution < 1.29 is 0 Å². The summed E-state index contributed by atoms with van der Waals surface area (Å²) in [4.78, 5) is 0. The van der Waals surface area contributed by atoms with Gasteiger partial charge in [0.1, 0.15) is 0 Å². The van der Waals surface area contributed by atoms with E-state index in [2.05, 4.69) is 16.7 Å². The number of anilines is 1. The van der Waals surface area contributed by atoms with E-state index in [1.54, 1.807) is 11.3 Å². The SMILES string of the molecule is Nc1cc2c3c(c1)c1c(n3CCC2)CCCCC1. The van der Waals surface area contributed by atoms with Gasteiger partial charge in [-0.25, -0.2) is 0 Å². The van der Waals surface area contributed by atoms with Crippen molar-refractivity contribution >= 4 is 16.6 Å². The molecule has 1 aromatic heterocycles. The zero-order chi connectivity index (χ0) is 12.1. The van der Waals surface area contributed by atoms with Crippen LogP contribution in [0.4, 0.5) is 5.69 Å². The summed E-state index contributed by atoms with van der Waals surface area (Å²) in [6.45, 7) is 1.21. The number of fused-ring (bicyclic) bond motifs is 3.